The van der Waals surface area contributed by atoms with E-state index >= 15 is 0 Å². The summed E-state index contributed by atoms with van der Waals surface area (Å²) in [5, 5.41) is 0. The molecule has 1 fully saturated rings. The van der Waals surface area contributed by atoms with Crippen molar-refractivity contribution >= 4 is 17.4 Å². The molecule has 1 saturated heterocycles. The molecule has 72 valence electrons. The molecule has 2 heterocycles. The minimum atomic E-state index is -0.896. The molecule has 2 aliphatic heterocycles. The average Bonchev–Trinajstić information content (AvgIpc) is 2.48. The van der Waals surface area contributed by atoms with Crippen LogP contribution in [0.4, 0.5) is 0 Å². The quantitative estimate of drug-likeness (QED) is 0.441. The third-order valence-electron chi connectivity index (χ3n) is 3.03. The molecule has 0 spiro atoms. The number of Topliss-reactive ketones (excluding diaryl/α,β-unsaturated/α-hetero) is 1. The molecule has 0 aromatic rings. The van der Waals surface area contributed by atoms with Crippen molar-refractivity contribution in [3.05, 3.63) is 12.2 Å². The summed E-state index contributed by atoms with van der Waals surface area (Å²) in [6, 6.07) is 0. The van der Waals surface area contributed by atoms with Crippen LogP contribution in [0.5, 0.6) is 0 Å². The number of ether oxygens (including phenoxy) is 1. The van der Waals surface area contributed by atoms with E-state index in [2.05, 4.69) is 0 Å². The van der Waals surface area contributed by atoms with Crippen LogP contribution in [-0.2, 0) is 9.53 Å². The lowest BCUT2D eigenvalue weighted by Crippen LogP contribution is -2.56. The predicted molar refractivity (Wildman–Crippen MR) is 50.8 cm³/mol. The van der Waals surface area contributed by atoms with E-state index in [-0.39, 0.29) is 18.0 Å². The van der Waals surface area contributed by atoms with Crippen molar-refractivity contribution in [1.29, 1.82) is 0 Å². The van der Waals surface area contributed by atoms with Crippen LogP contribution in [0, 0.1) is 5.41 Å². The molecule has 3 heteroatoms. The molecule has 0 unspecified atom stereocenters. The lowest BCUT2D eigenvalue weighted by Gasteiger charge is -2.42. The van der Waals surface area contributed by atoms with Gasteiger partial charge in [0.25, 0.3) is 0 Å². The van der Waals surface area contributed by atoms with E-state index in [1.807, 2.05) is 26.0 Å². The Balaban J connectivity index is 2.47. The largest absolute Gasteiger partial charge is 0.364 e. The number of hydrogen-bond acceptors (Lipinski definition) is 2. The van der Waals surface area contributed by atoms with E-state index in [1.54, 1.807) is 6.92 Å². The third kappa shape index (κ3) is 1.02. The van der Waals surface area contributed by atoms with Gasteiger partial charge in [-0.15, -0.1) is 11.6 Å². The van der Waals surface area contributed by atoms with E-state index in [1.165, 1.54) is 0 Å². The number of hydrogen-bond donors (Lipinski definition) is 0. The Morgan fingerprint density at radius 3 is 2.46 bits per heavy atom. The fourth-order valence-electron chi connectivity index (χ4n) is 2.06. The molecule has 0 N–H and O–H groups in total. The van der Waals surface area contributed by atoms with E-state index in [0.717, 1.165) is 0 Å². The van der Waals surface area contributed by atoms with E-state index in [9.17, 15) is 4.79 Å². The molecular weight excluding hydrogens is 188 g/mol. The smallest absolute Gasteiger partial charge is 0.164 e. The molecule has 0 radical (unpaired) electrons. The summed E-state index contributed by atoms with van der Waals surface area (Å²) in [7, 11) is 0. The molecule has 0 aromatic carbocycles. The van der Waals surface area contributed by atoms with Gasteiger partial charge in [-0.1, -0.05) is 26.0 Å². The molecule has 2 nitrogen and oxygen atoms in total. The number of carbonyl (C=O) groups is 1. The van der Waals surface area contributed by atoms with Crippen LogP contribution in [0.2, 0.25) is 0 Å². The fourth-order valence-corrected chi connectivity index (χ4v) is 2.43. The maximum Gasteiger partial charge on any atom is 0.164 e. The standard InChI is InChI=1S/C10H13ClO2/c1-9(2)6-4-5-7(13-6)10(3,11)8(9)12/h4-7H,1-3H3/t6-,7+,10-/m1/s1. The monoisotopic (exact) mass is 200 g/mol. The summed E-state index contributed by atoms with van der Waals surface area (Å²) in [5.41, 5.74) is -0.500. The van der Waals surface area contributed by atoms with E-state index < -0.39 is 10.3 Å². The number of halogens is 1. The van der Waals surface area contributed by atoms with Crippen LogP contribution in [0.1, 0.15) is 20.8 Å². The van der Waals surface area contributed by atoms with Crippen LogP contribution < -0.4 is 0 Å². The number of fused-ring (bicyclic) bond motifs is 2. The number of rotatable bonds is 0. The molecular formula is C10H13ClO2. The highest BCUT2D eigenvalue weighted by atomic mass is 35.5. The second kappa shape index (κ2) is 2.37. The summed E-state index contributed by atoms with van der Waals surface area (Å²) < 4.78 is 5.63. The lowest BCUT2D eigenvalue weighted by atomic mass is 9.75. The van der Waals surface area contributed by atoms with Crippen molar-refractivity contribution in [2.45, 2.75) is 37.9 Å². The molecule has 0 aromatic heterocycles. The maximum absolute atomic E-state index is 12.0. The van der Waals surface area contributed by atoms with Crippen molar-refractivity contribution in [1.82, 2.24) is 0 Å². The highest BCUT2D eigenvalue weighted by Gasteiger charge is 2.56. The van der Waals surface area contributed by atoms with Gasteiger partial charge in [-0.2, -0.15) is 0 Å². The normalized spacial score (nSPS) is 46.9. The molecule has 2 rings (SSSR count). The van der Waals surface area contributed by atoms with Crippen molar-refractivity contribution in [3.63, 3.8) is 0 Å². The molecule has 0 amide bonds. The van der Waals surface area contributed by atoms with Gasteiger partial charge in [0.05, 0.1) is 11.5 Å². The van der Waals surface area contributed by atoms with Gasteiger partial charge in [0.15, 0.2) is 5.78 Å². The molecule has 0 saturated carbocycles. The number of alkyl halides is 1. The second-order valence-corrected chi connectivity index (χ2v) is 5.27. The summed E-state index contributed by atoms with van der Waals surface area (Å²) in [5.74, 6) is 0.0768. The van der Waals surface area contributed by atoms with Crippen LogP contribution in [0.3, 0.4) is 0 Å². The molecule has 3 atom stereocenters. The minimum absolute atomic E-state index is 0.0768. The number of carbonyl (C=O) groups excluding carboxylic acids is 1. The Hall–Kier alpha value is -0.340. The summed E-state index contributed by atoms with van der Waals surface area (Å²) in [6.07, 6.45) is 3.48. The van der Waals surface area contributed by atoms with Gasteiger partial charge in [0, 0.05) is 0 Å². The van der Waals surface area contributed by atoms with Gasteiger partial charge < -0.3 is 4.74 Å². The van der Waals surface area contributed by atoms with E-state index in [4.69, 9.17) is 16.3 Å². The molecule has 2 aliphatic rings. The minimum Gasteiger partial charge on any atom is -0.364 e. The second-order valence-electron chi connectivity index (χ2n) is 4.49. The fraction of sp³-hybridized carbons (Fsp3) is 0.700. The van der Waals surface area contributed by atoms with Gasteiger partial charge >= 0.3 is 0 Å². The van der Waals surface area contributed by atoms with Crippen molar-refractivity contribution in [2.75, 3.05) is 0 Å². The zero-order valence-corrected chi connectivity index (χ0v) is 8.76. The first-order valence-electron chi connectivity index (χ1n) is 4.44. The molecule has 13 heavy (non-hydrogen) atoms. The van der Waals surface area contributed by atoms with Gasteiger partial charge in [-0.25, -0.2) is 0 Å². The highest BCUT2D eigenvalue weighted by Crippen LogP contribution is 2.45. The SMILES string of the molecule is CC1(C)C(=O)[C@](C)(Cl)[C@@H]2C=C[C@H]1O2. The number of ketones is 1. The first-order chi connectivity index (χ1) is 5.87. The Bertz CT molecular complexity index is 265. The van der Waals surface area contributed by atoms with Crippen molar-refractivity contribution < 1.29 is 9.53 Å². The van der Waals surface area contributed by atoms with Gasteiger partial charge in [-0.3, -0.25) is 4.79 Å². The molecule has 2 bridgehead atoms. The van der Waals surface area contributed by atoms with Gasteiger partial charge in [0.2, 0.25) is 0 Å². The van der Waals surface area contributed by atoms with Gasteiger partial charge in [0.1, 0.15) is 11.0 Å². The Kier molecular flexibility index (Phi) is 1.68. The van der Waals surface area contributed by atoms with Crippen LogP contribution in [0.15, 0.2) is 12.2 Å². The highest BCUT2D eigenvalue weighted by molar-refractivity contribution is 6.36. The van der Waals surface area contributed by atoms with Crippen LogP contribution in [-0.4, -0.2) is 22.9 Å². The zero-order chi connectivity index (χ0) is 9.85. The van der Waals surface area contributed by atoms with E-state index in [0.29, 0.717) is 0 Å². The van der Waals surface area contributed by atoms with Crippen LogP contribution in [0.25, 0.3) is 0 Å². The predicted octanol–water partition coefficient (Wildman–Crippen LogP) is 1.92. The Morgan fingerprint density at radius 2 is 1.85 bits per heavy atom. The summed E-state index contributed by atoms with van der Waals surface area (Å²) in [4.78, 5) is 11.1. The Morgan fingerprint density at radius 1 is 1.31 bits per heavy atom. The topological polar surface area (TPSA) is 26.3 Å². The van der Waals surface area contributed by atoms with Gasteiger partial charge in [-0.05, 0) is 6.92 Å². The van der Waals surface area contributed by atoms with Crippen molar-refractivity contribution in [2.24, 2.45) is 5.41 Å². The first kappa shape index (κ1) is 9.22. The van der Waals surface area contributed by atoms with Crippen LogP contribution >= 0.6 is 11.6 Å². The first-order valence-corrected chi connectivity index (χ1v) is 4.82. The summed E-state index contributed by atoms with van der Waals surface area (Å²) >= 11 is 6.17. The maximum atomic E-state index is 12.0. The molecule has 0 aliphatic carbocycles. The average molecular weight is 201 g/mol. The lowest BCUT2D eigenvalue weighted by molar-refractivity contribution is -0.151. The third-order valence-corrected chi connectivity index (χ3v) is 3.42. The zero-order valence-electron chi connectivity index (χ0n) is 8.00. The Labute approximate surface area is 82.9 Å². The van der Waals surface area contributed by atoms with Crippen molar-refractivity contribution in [3.8, 4) is 0 Å². The summed E-state index contributed by atoms with van der Waals surface area (Å²) in [6.45, 7) is 5.49.